The highest BCUT2D eigenvalue weighted by Gasteiger charge is 1.98. The van der Waals surface area contributed by atoms with Crippen molar-refractivity contribution in [1.82, 2.24) is 0 Å². The van der Waals surface area contributed by atoms with Crippen LogP contribution in [-0.4, -0.2) is 11.1 Å². The number of benzene rings is 1. The zero-order valence-corrected chi connectivity index (χ0v) is 8.38. The number of nitrogens with zero attached hydrogens (tertiary/aromatic N) is 2. The summed E-state index contributed by atoms with van der Waals surface area (Å²) in [5.74, 6) is 0. The van der Waals surface area contributed by atoms with Crippen molar-refractivity contribution in [3.63, 3.8) is 0 Å². The zero-order valence-electron chi connectivity index (χ0n) is 8.38. The lowest BCUT2D eigenvalue weighted by Gasteiger charge is -2.03. The summed E-state index contributed by atoms with van der Waals surface area (Å²) in [5.41, 5.74) is 0.951. The summed E-state index contributed by atoms with van der Waals surface area (Å²) in [5, 5.41) is 14.9. The third-order valence-corrected chi connectivity index (χ3v) is 1.51. The van der Waals surface area contributed by atoms with Gasteiger partial charge in [0.25, 0.3) is 0 Å². The van der Waals surface area contributed by atoms with Crippen LogP contribution < -0.4 is 0 Å². The summed E-state index contributed by atoms with van der Waals surface area (Å²) in [7, 11) is 0. The minimum Gasteiger partial charge on any atom is -0.376 e. The van der Waals surface area contributed by atoms with Gasteiger partial charge in [-0.2, -0.15) is 0 Å². The van der Waals surface area contributed by atoms with Gasteiger partial charge in [0.1, 0.15) is 6.04 Å². The normalized spacial score (nSPS) is 11.8. The van der Waals surface area contributed by atoms with Crippen LogP contribution in [0.15, 0.2) is 35.4 Å². The molecular formula is C10H14N2O2. The van der Waals surface area contributed by atoms with Gasteiger partial charge in [-0.05, 0) is 19.4 Å². The van der Waals surface area contributed by atoms with Crippen molar-refractivity contribution in [3.8, 4) is 0 Å². The second-order valence-electron chi connectivity index (χ2n) is 3.21. The first kappa shape index (κ1) is 10.5. The van der Waals surface area contributed by atoms with Gasteiger partial charge in [0, 0.05) is 5.11 Å². The fourth-order valence-corrected chi connectivity index (χ4v) is 0.926. The lowest BCUT2D eigenvalue weighted by atomic mass is 10.2. The first-order valence-electron chi connectivity index (χ1n) is 4.53. The molecule has 0 unspecified atom stereocenters. The van der Waals surface area contributed by atoms with Crippen LogP contribution in [0.4, 0.5) is 0 Å². The molecule has 4 nitrogen and oxygen atoms in total. The largest absolute Gasteiger partial charge is 0.376 e. The minimum absolute atomic E-state index is 0.0525. The maximum absolute atomic E-state index is 11.0. The highest BCUT2D eigenvalue weighted by Crippen LogP contribution is 2.01. The van der Waals surface area contributed by atoms with E-state index in [9.17, 15) is 5.21 Å². The van der Waals surface area contributed by atoms with E-state index in [1.165, 1.54) is 0 Å². The van der Waals surface area contributed by atoms with Crippen LogP contribution in [-0.2, 0) is 11.4 Å². The van der Waals surface area contributed by atoms with E-state index in [2.05, 4.69) is 5.11 Å². The average molecular weight is 194 g/mol. The van der Waals surface area contributed by atoms with E-state index in [0.717, 1.165) is 5.56 Å². The lowest BCUT2D eigenvalue weighted by Crippen LogP contribution is -2.06. The predicted octanol–water partition coefficient (Wildman–Crippen LogP) is 2.49. The molecule has 14 heavy (non-hydrogen) atoms. The zero-order chi connectivity index (χ0) is 10.4. The smallest absolute Gasteiger partial charge is 0.169 e. The summed E-state index contributed by atoms with van der Waals surface area (Å²) in [6.45, 7) is 3.88. The second-order valence-corrected chi connectivity index (χ2v) is 3.21. The number of hydrogen-bond acceptors (Lipinski definition) is 3. The number of hydrogen-bond donors (Lipinski definition) is 0. The van der Waals surface area contributed by atoms with Gasteiger partial charge in [-0.1, -0.05) is 30.3 Å². The summed E-state index contributed by atoms with van der Waals surface area (Å²) < 4.78 is 0. The molecule has 0 heterocycles. The van der Waals surface area contributed by atoms with Gasteiger partial charge in [0.05, 0.1) is 6.61 Å². The lowest BCUT2D eigenvalue weighted by molar-refractivity contribution is -0.797. The molecule has 0 atom stereocenters. The van der Waals surface area contributed by atoms with Crippen molar-refractivity contribution in [3.05, 3.63) is 41.1 Å². The fourth-order valence-electron chi connectivity index (χ4n) is 0.926. The third-order valence-electron chi connectivity index (χ3n) is 1.51. The van der Waals surface area contributed by atoms with Crippen LogP contribution in [0.2, 0.25) is 0 Å². The van der Waals surface area contributed by atoms with Gasteiger partial charge in [0.15, 0.2) is 5.02 Å². The SMILES string of the molecule is CC(C)N=[N+]([O-])OCc1ccccc1. The van der Waals surface area contributed by atoms with E-state index in [1.54, 1.807) is 0 Å². The van der Waals surface area contributed by atoms with E-state index in [1.807, 2.05) is 44.2 Å². The van der Waals surface area contributed by atoms with Crippen molar-refractivity contribution in [2.45, 2.75) is 26.5 Å². The Morgan fingerprint density at radius 2 is 2.00 bits per heavy atom. The van der Waals surface area contributed by atoms with E-state index < -0.39 is 0 Å². The van der Waals surface area contributed by atoms with Crippen LogP contribution in [0.3, 0.4) is 0 Å². The molecule has 0 radical (unpaired) electrons. The summed E-state index contributed by atoms with van der Waals surface area (Å²) in [6.07, 6.45) is 0. The Hall–Kier alpha value is -1.58. The molecule has 0 spiro atoms. The van der Waals surface area contributed by atoms with Crippen molar-refractivity contribution in [1.29, 1.82) is 0 Å². The quantitative estimate of drug-likeness (QED) is 0.546. The molecule has 4 heteroatoms. The minimum atomic E-state index is -0.0525. The van der Waals surface area contributed by atoms with Gasteiger partial charge in [0.2, 0.25) is 0 Å². The highest BCUT2D eigenvalue weighted by molar-refractivity contribution is 5.13. The molecule has 0 fully saturated rings. The fraction of sp³-hybridized carbons (Fsp3) is 0.400. The molecule has 0 saturated carbocycles. The molecule has 1 rings (SSSR count). The summed E-state index contributed by atoms with van der Waals surface area (Å²) >= 11 is 0. The second kappa shape index (κ2) is 5.21. The van der Waals surface area contributed by atoms with E-state index in [4.69, 9.17) is 4.84 Å². The van der Waals surface area contributed by atoms with Gasteiger partial charge in [-0.25, -0.2) is 5.21 Å². The Labute approximate surface area is 83.4 Å². The molecule has 0 aromatic heterocycles. The van der Waals surface area contributed by atoms with Crippen LogP contribution in [0.25, 0.3) is 0 Å². The Morgan fingerprint density at radius 1 is 1.36 bits per heavy atom. The van der Waals surface area contributed by atoms with Gasteiger partial charge in [-0.3, -0.25) is 0 Å². The van der Waals surface area contributed by atoms with E-state index >= 15 is 0 Å². The van der Waals surface area contributed by atoms with Crippen LogP contribution >= 0.6 is 0 Å². The van der Waals surface area contributed by atoms with Gasteiger partial charge < -0.3 is 4.84 Å². The monoisotopic (exact) mass is 194 g/mol. The Bertz CT molecular complexity index is 296. The van der Waals surface area contributed by atoms with Crippen LogP contribution in [0, 0.1) is 5.21 Å². The summed E-state index contributed by atoms with van der Waals surface area (Å²) in [6, 6.07) is 9.44. The van der Waals surface area contributed by atoms with Gasteiger partial charge in [-0.15, -0.1) is 0 Å². The molecule has 76 valence electrons. The first-order chi connectivity index (χ1) is 6.68. The Morgan fingerprint density at radius 3 is 2.57 bits per heavy atom. The standard InChI is InChI=1S/C10H14N2O2/c1-9(2)11-12(13)14-8-10-6-4-3-5-7-10/h3-7,9H,8H2,1-2H3. The molecule has 0 aliphatic heterocycles. The molecule has 0 N–H and O–H groups in total. The highest BCUT2D eigenvalue weighted by atomic mass is 16.9. The van der Waals surface area contributed by atoms with E-state index in [0.29, 0.717) is 0 Å². The Balaban J connectivity index is 2.42. The van der Waals surface area contributed by atoms with Crippen molar-refractivity contribution < 1.29 is 9.86 Å². The average Bonchev–Trinajstić information content (AvgIpc) is 2.15. The predicted molar refractivity (Wildman–Crippen MR) is 52.4 cm³/mol. The Kier molecular flexibility index (Phi) is 3.91. The van der Waals surface area contributed by atoms with E-state index in [-0.39, 0.29) is 17.7 Å². The molecular weight excluding hydrogens is 180 g/mol. The molecule has 1 aromatic carbocycles. The van der Waals surface area contributed by atoms with Crippen molar-refractivity contribution in [2.24, 2.45) is 5.11 Å². The molecule has 1 aromatic rings. The van der Waals surface area contributed by atoms with Crippen LogP contribution in [0.1, 0.15) is 19.4 Å². The first-order valence-corrected chi connectivity index (χ1v) is 4.53. The molecule has 0 aliphatic rings. The van der Waals surface area contributed by atoms with Crippen molar-refractivity contribution in [2.75, 3.05) is 0 Å². The maximum atomic E-state index is 11.0. The molecule has 0 saturated heterocycles. The van der Waals surface area contributed by atoms with Gasteiger partial charge >= 0.3 is 0 Å². The number of rotatable bonds is 4. The third kappa shape index (κ3) is 3.89. The molecule has 0 amide bonds. The maximum Gasteiger partial charge on any atom is 0.169 e. The summed E-state index contributed by atoms with van der Waals surface area (Å²) in [4.78, 5) is 4.85. The molecule has 0 aliphatic carbocycles. The topological polar surface area (TPSA) is 47.7 Å². The van der Waals surface area contributed by atoms with Crippen molar-refractivity contribution >= 4 is 0 Å². The van der Waals surface area contributed by atoms with Crippen LogP contribution in [0.5, 0.6) is 0 Å². The molecule has 0 bridgehead atoms.